The van der Waals surface area contributed by atoms with Gasteiger partial charge in [-0.25, -0.2) is 0 Å². The number of ether oxygens (including phenoxy) is 1. The summed E-state index contributed by atoms with van der Waals surface area (Å²) in [5.74, 6) is 2.49. The number of fused-ring (bicyclic) bond motifs is 1. The molecule has 21 heavy (non-hydrogen) atoms. The summed E-state index contributed by atoms with van der Waals surface area (Å²) >= 11 is 0. The highest BCUT2D eigenvalue weighted by atomic mass is 16.5. The number of amides is 1. The van der Waals surface area contributed by atoms with Gasteiger partial charge in [0.2, 0.25) is 5.91 Å². The molecule has 0 spiro atoms. The molecule has 2 fully saturated rings. The molecule has 1 saturated heterocycles. The number of benzene rings is 1. The van der Waals surface area contributed by atoms with Gasteiger partial charge in [-0.2, -0.15) is 0 Å². The molecule has 4 heteroatoms. The van der Waals surface area contributed by atoms with Crippen LogP contribution in [-0.4, -0.2) is 24.2 Å². The minimum Gasteiger partial charge on any atom is -0.377 e. The minimum atomic E-state index is -0.902. The molecule has 3 unspecified atom stereocenters. The van der Waals surface area contributed by atoms with Crippen molar-refractivity contribution in [3.8, 4) is 12.3 Å². The molecule has 0 radical (unpaired) electrons. The second-order valence-electron chi connectivity index (χ2n) is 6.46. The fourth-order valence-electron chi connectivity index (χ4n) is 3.77. The van der Waals surface area contributed by atoms with Crippen LogP contribution in [0.2, 0.25) is 0 Å². The van der Waals surface area contributed by atoms with Gasteiger partial charge in [0.25, 0.3) is 0 Å². The van der Waals surface area contributed by atoms with Crippen molar-refractivity contribution in [1.82, 2.24) is 0 Å². The predicted molar refractivity (Wildman–Crippen MR) is 81.6 cm³/mol. The van der Waals surface area contributed by atoms with E-state index < -0.39 is 5.54 Å². The normalized spacial score (nSPS) is 32.7. The lowest BCUT2D eigenvalue weighted by Gasteiger charge is -2.60. The summed E-state index contributed by atoms with van der Waals surface area (Å²) in [5.41, 5.74) is 6.63. The first-order valence-corrected chi connectivity index (χ1v) is 7.20. The Morgan fingerprint density at radius 1 is 1.52 bits per heavy atom. The Labute approximate surface area is 125 Å². The van der Waals surface area contributed by atoms with E-state index >= 15 is 0 Å². The molecule has 3 rings (SSSR count). The zero-order chi connectivity index (χ0) is 15.3. The fraction of sp³-hybridized carbons (Fsp3) is 0.471. The zero-order valence-electron chi connectivity index (χ0n) is 12.3. The largest absolute Gasteiger partial charge is 0.377 e. The highest BCUT2D eigenvalue weighted by molar-refractivity contribution is 6.00. The highest BCUT2D eigenvalue weighted by Crippen LogP contribution is 2.58. The smallest absolute Gasteiger partial charge is 0.245 e. The Kier molecular flexibility index (Phi) is 3.09. The number of rotatable bonds is 2. The summed E-state index contributed by atoms with van der Waals surface area (Å²) in [4.78, 5) is 12.7. The number of nitrogens with one attached hydrogen (secondary N) is 1. The predicted octanol–water partition coefficient (Wildman–Crippen LogP) is 1.75. The van der Waals surface area contributed by atoms with Crippen LogP contribution in [0, 0.1) is 23.7 Å². The number of hydrogen-bond donors (Lipinski definition) is 2. The van der Waals surface area contributed by atoms with Crippen molar-refractivity contribution < 1.29 is 9.53 Å². The van der Waals surface area contributed by atoms with Crippen molar-refractivity contribution in [3.63, 3.8) is 0 Å². The molecule has 1 aromatic carbocycles. The zero-order valence-corrected chi connectivity index (χ0v) is 12.3. The van der Waals surface area contributed by atoms with Gasteiger partial charge in [-0.15, -0.1) is 6.42 Å². The molecule has 1 saturated carbocycles. The van der Waals surface area contributed by atoms with Gasteiger partial charge in [0.1, 0.15) is 5.54 Å². The van der Waals surface area contributed by atoms with Crippen molar-refractivity contribution in [3.05, 3.63) is 29.8 Å². The molecule has 0 aromatic heterocycles. The molecule has 3 N–H and O–H groups in total. The van der Waals surface area contributed by atoms with E-state index in [0.29, 0.717) is 12.3 Å². The summed E-state index contributed by atoms with van der Waals surface area (Å²) in [6.45, 7) is 4.67. The maximum atomic E-state index is 12.7. The fourth-order valence-corrected chi connectivity index (χ4v) is 3.77. The molecule has 1 aromatic rings. The summed E-state index contributed by atoms with van der Waals surface area (Å²) in [7, 11) is 0. The van der Waals surface area contributed by atoms with Gasteiger partial charge in [-0.3, -0.25) is 4.79 Å². The lowest BCUT2D eigenvalue weighted by molar-refractivity contribution is -0.170. The molecule has 3 atom stereocenters. The number of anilines is 1. The van der Waals surface area contributed by atoms with Crippen LogP contribution < -0.4 is 11.1 Å². The molecule has 4 nitrogen and oxygen atoms in total. The number of carbonyl (C=O) groups is 1. The summed E-state index contributed by atoms with van der Waals surface area (Å²) in [5, 5.41) is 2.91. The van der Waals surface area contributed by atoms with E-state index in [9.17, 15) is 4.79 Å². The Balaban J connectivity index is 1.83. The second-order valence-corrected chi connectivity index (χ2v) is 6.46. The van der Waals surface area contributed by atoms with Crippen molar-refractivity contribution in [2.45, 2.75) is 31.9 Å². The summed E-state index contributed by atoms with van der Waals surface area (Å²) in [6, 6.07) is 7.23. The number of carbonyl (C=O) groups excluding carboxylic acids is 1. The van der Waals surface area contributed by atoms with Gasteiger partial charge in [-0.1, -0.05) is 25.8 Å². The first-order chi connectivity index (χ1) is 9.91. The maximum Gasteiger partial charge on any atom is 0.245 e. The van der Waals surface area contributed by atoms with Gasteiger partial charge in [-0.05, 0) is 24.6 Å². The van der Waals surface area contributed by atoms with Crippen molar-refractivity contribution in [2.75, 3.05) is 11.9 Å². The summed E-state index contributed by atoms with van der Waals surface area (Å²) in [6.07, 6.45) is 6.29. The monoisotopic (exact) mass is 284 g/mol. The van der Waals surface area contributed by atoms with Crippen LogP contribution in [0.25, 0.3) is 0 Å². The minimum absolute atomic E-state index is 0.0743. The van der Waals surface area contributed by atoms with Crippen LogP contribution in [0.1, 0.15) is 25.8 Å². The van der Waals surface area contributed by atoms with E-state index in [1.807, 2.05) is 32.0 Å². The average Bonchev–Trinajstić information content (AvgIpc) is 2.94. The average molecular weight is 284 g/mol. The van der Waals surface area contributed by atoms with E-state index in [-0.39, 0.29) is 23.3 Å². The SMILES string of the molecule is C#Cc1cccc(NC(=O)C2(N)C3CCOC3C2(C)C)c1. The molecule has 0 bridgehead atoms. The molecule has 110 valence electrons. The third-order valence-corrected chi connectivity index (χ3v) is 5.12. The van der Waals surface area contributed by atoms with Gasteiger partial charge >= 0.3 is 0 Å². The molecule has 1 aliphatic carbocycles. The summed E-state index contributed by atoms with van der Waals surface area (Å²) < 4.78 is 5.71. The molecule has 2 aliphatic rings. The van der Waals surface area contributed by atoms with E-state index in [1.54, 1.807) is 6.07 Å². The standard InChI is InChI=1S/C17H20N2O2/c1-4-11-6-5-7-12(10-11)19-15(20)17(18)13-8-9-21-14(13)16(17,2)3/h1,5-7,10,13-14H,8-9,18H2,2-3H3,(H,19,20). The van der Waals surface area contributed by atoms with E-state index in [0.717, 1.165) is 12.0 Å². The number of nitrogens with two attached hydrogens (primary N) is 1. The molecular formula is C17H20N2O2. The topological polar surface area (TPSA) is 64.4 Å². The molecular weight excluding hydrogens is 264 g/mol. The Bertz CT molecular complexity index is 632. The van der Waals surface area contributed by atoms with Crippen LogP contribution in [-0.2, 0) is 9.53 Å². The van der Waals surface area contributed by atoms with E-state index in [1.165, 1.54) is 0 Å². The Hall–Kier alpha value is -1.83. The number of terminal acetylenes is 1. The quantitative estimate of drug-likeness (QED) is 0.813. The van der Waals surface area contributed by atoms with Gasteiger partial charge in [0, 0.05) is 29.2 Å². The molecule has 1 amide bonds. The number of hydrogen-bond acceptors (Lipinski definition) is 3. The van der Waals surface area contributed by atoms with Crippen LogP contribution in [0.5, 0.6) is 0 Å². The van der Waals surface area contributed by atoms with Crippen LogP contribution in [0.3, 0.4) is 0 Å². The van der Waals surface area contributed by atoms with Gasteiger partial charge in [0.15, 0.2) is 0 Å². The third kappa shape index (κ3) is 1.81. The first-order valence-electron chi connectivity index (χ1n) is 7.20. The van der Waals surface area contributed by atoms with Crippen LogP contribution in [0.15, 0.2) is 24.3 Å². The Morgan fingerprint density at radius 2 is 2.29 bits per heavy atom. The van der Waals surface area contributed by atoms with E-state index in [2.05, 4.69) is 11.2 Å². The van der Waals surface area contributed by atoms with Crippen molar-refractivity contribution in [2.24, 2.45) is 17.1 Å². The lowest BCUT2D eigenvalue weighted by atomic mass is 9.48. The second kappa shape index (κ2) is 4.59. The highest BCUT2D eigenvalue weighted by Gasteiger charge is 2.71. The first kappa shape index (κ1) is 14.1. The lowest BCUT2D eigenvalue weighted by Crippen LogP contribution is -2.79. The van der Waals surface area contributed by atoms with Gasteiger partial charge in [0.05, 0.1) is 6.10 Å². The molecule has 1 aliphatic heterocycles. The Morgan fingerprint density at radius 3 is 3.00 bits per heavy atom. The van der Waals surface area contributed by atoms with Crippen molar-refractivity contribution in [1.29, 1.82) is 0 Å². The van der Waals surface area contributed by atoms with Crippen molar-refractivity contribution >= 4 is 11.6 Å². The van der Waals surface area contributed by atoms with Crippen LogP contribution in [0.4, 0.5) is 5.69 Å². The van der Waals surface area contributed by atoms with E-state index in [4.69, 9.17) is 16.9 Å². The molecule has 1 heterocycles. The van der Waals surface area contributed by atoms with Gasteiger partial charge < -0.3 is 15.8 Å². The van der Waals surface area contributed by atoms with Crippen LogP contribution >= 0.6 is 0 Å². The third-order valence-electron chi connectivity index (χ3n) is 5.12. The maximum absolute atomic E-state index is 12.7.